The van der Waals surface area contributed by atoms with Crippen molar-refractivity contribution in [2.45, 2.75) is 12.3 Å². The van der Waals surface area contributed by atoms with Crippen LogP contribution >= 0.6 is 23.2 Å². The number of carbonyl (C=O) groups is 2. The Labute approximate surface area is 178 Å². The fourth-order valence-corrected chi connectivity index (χ4v) is 2.52. The molecule has 1 aromatic rings. The molecule has 10 nitrogen and oxygen atoms in total. The molecular formula is C15H19Cl2F3N3O7+. The van der Waals surface area contributed by atoms with E-state index in [4.69, 9.17) is 38.3 Å². The van der Waals surface area contributed by atoms with Crippen LogP contribution in [0.4, 0.5) is 13.2 Å². The summed E-state index contributed by atoms with van der Waals surface area (Å²) in [6.45, 7) is -0.663. The van der Waals surface area contributed by atoms with Crippen molar-refractivity contribution in [1.29, 1.82) is 0 Å². The second kappa shape index (κ2) is 13.2. The highest BCUT2D eigenvalue weighted by Gasteiger charge is 2.49. The number of nitrogens with two attached hydrogens (primary N) is 1. The van der Waals surface area contributed by atoms with Crippen LogP contribution in [0.1, 0.15) is 5.56 Å². The molecule has 0 saturated heterocycles. The maximum Gasteiger partial charge on any atom is 0.430 e. The zero-order valence-electron chi connectivity index (χ0n) is 15.3. The number of alkyl halides is 3. The lowest BCUT2D eigenvalue weighted by atomic mass is 10.0. The first kappa shape index (κ1) is 27.9. The van der Waals surface area contributed by atoms with Crippen LogP contribution in [-0.4, -0.2) is 54.9 Å². The van der Waals surface area contributed by atoms with E-state index in [9.17, 15) is 22.8 Å². The van der Waals surface area contributed by atoms with Gasteiger partial charge in [-0.3, -0.25) is 9.63 Å². The summed E-state index contributed by atoms with van der Waals surface area (Å²) >= 11 is 11.6. The minimum Gasteiger partial charge on any atom is -0.480 e. The molecule has 1 aromatic carbocycles. The molecule has 15 heteroatoms. The number of hydrogen-bond donors (Lipinski definition) is 5. The van der Waals surface area contributed by atoms with Gasteiger partial charge in [0.05, 0.1) is 17.1 Å². The van der Waals surface area contributed by atoms with E-state index < -0.39 is 36.6 Å². The molecule has 170 valence electrons. The molecule has 0 spiro atoms. The van der Waals surface area contributed by atoms with E-state index in [1.807, 2.05) is 0 Å². The highest BCUT2D eigenvalue weighted by Crippen LogP contribution is 2.42. The number of aliphatic carboxylic acids is 1. The van der Waals surface area contributed by atoms with Crippen molar-refractivity contribution in [2.75, 3.05) is 20.4 Å². The minimum absolute atomic E-state index is 0.0417. The zero-order valence-corrected chi connectivity index (χ0v) is 16.8. The number of hydrogen-bond acceptors (Lipinski definition) is 8. The Morgan fingerprint density at radius 3 is 2.37 bits per heavy atom. The number of ether oxygens (including phenoxy) is 2. The Balaban J connectivity index is 0.000000905. The molecule has 0 aliphatic carbocycles. The van der Waals surface area contributed by atoms with Crippen molar-refractivity contribution >= 4 is 41.2 Å². The molecule has 0 saturated carbocycles. The number of carbonyl (C=O) groups excluding carboxylic acids is 1. The van der Waals surface area contributed by atoms with E-state index in [-0.39, 0.29) is 27.9 Å². The van der Waals surface area contributed by atoms with E-state index in [1.165, 1.54) is 12.1 Å². The van der Waals surface area contributed by atoms with E-state index in [2.05, 4.69) is 26.7 Å². The van der Waals surface area contributed by atoms with Gasteiger partial charge >= 0.3 is 18.1 Å². The number of halogens is 5. The van der Waals surface area contributed by atoms with Crippen LogP contribution < -0.4 is 21.8 Å². The molecule has 0 fully saturated rings. The second-order valence-electron chi connectivity index (χ2n) is 5.09. The SMILES string of the molecule is CNCC(=O)O.NOCOC(=O)C1=Cc2cc(Cl)cc(Cl)c2OC1C(F)(F)F.[NH3+]O. The standard InChI is InChI=1S/C12H8Cl2F3NO4.C3H7NO2.H4NO/c13-6-1-5-2-7(11(19)20-4-21-18)10(12(15,16)17)22-9(5)8(14)3-6;1-4-2-3(5)6;1-2/h1-3,10H,4,18H2;4H,2H2,1H3,(H,5,6);2H,1H3/q;;+1. The van der Waals surface area contributed by atoms with Crippen LogP contribution in [0, 0.1) is 0 Å². The number of nitrogens with one attached hydrogen (secondary N) is 1. The Morgan fingerprint density at radius 2 is 1.93 bits per heavy atom. The molecule has 1 heterocycles. The summed E-state index contributed by atoms with van der Waals surface area (Å²) in [6, 6.07) is 2.54. The van der Waals surface area contributed by atoms with E-state index in [0.717, 1.165) is 6.08 Å². The zero-order chi connectivity index (χ0) is 23.5. The van der Waals surface area contributed by atoms with Gasteiger partial charge < -0.3 is 19.9 Å². The summed E-state index contributed by atoms with van der Waals surface area (Å²) in [5, 5.41) is 17.1. The quantitative estimate of drug-likeness (QED) is 0.234. The second-order valence-corrected chi connectivity index (χ2v) is 5.93. The van der Waals surface area contributed by atoms with Gasteiger partial charge in [-0.15, -0.1) is 0 Å². The van der Waals surface area contributed by atoms with Crippen molar-refractivity contribution in [3.8, 4) is 5.75 Å². The molecule has 1 aliphatic heterocycles. The van der Waals surface area contributed by atoms with Crippen LogP contribution in [0.15, 0.2) is 17.7 Å². The summed E-state index contributed by atoms with van der Waals surface area (Å²) in [7, 11) is 1.59. The third kappa shape index (κ3) is 8.71. The molecule has 1 aliphatic rings. The lowest BCUT2D eigenvalue weighted by Crippen LogP contribution is -2.42. The maximum absolute atomic E-state index is 13.1. The highest BCUT2D eigenvalue weighted by molar-refractivity contribution is 6.36. The molecule has 2 rings (SSSR count). The smallest absolute Gasteiger partial charge is 0.430 e. The fourth-order valence-electron chi connectivity index (χ4n) is 1.97. The monoisotopic (exact) mass is 480 g/mol. The average Bonchev–Trinajstić information content (AvgIpc) is 2.66. The Hall–Kier alpha value is -2.13. The highest BCUT2D eigenvalue weighted by atomic mass is 35.5. The van der Waals surface area contributed by atoms with Crippen LogP contribution in [-0.2, 0) is 19.2 Å². The first-order valence-electron chi connectivity index (χ1n) is 7.62. The molecule has 0 amide bonds. The first-order valence-corrected chi connectivity index (χ1v) is 8.37. The third-order valence-electron chi connectivity index (χ3n) is 2.99. The Bertz CT molecular complexity index is 764. The van der Waals surface area contributed by atoms with Crippen LogP contribution in [0.3, 0.4) is 0 Å². The van der Waals surface area contributed by atoms with E-state index in [1.54, 1.807) is 7.05 Å². The number of carboxylic acids is 1. The van der Waals surface area contributed by atoms with Gasteiger partial charge in [0.1, 0.15) is 5.75 Å². The fraction of sp³-hybridized carbons (Fsp3) is 0.333. The number of likely N-dealkylation sites (N-methyl/N-ethyl adjacent to an activating group) is 1. The molecule has 8 N–H and O–H groups in total. The lowest BCUT2D eigenvalue weighted by Gasteiger charge is -2.28. The number of esters is 1. The number of benzene rings is 1. The van der Waals surface area contributed by atoms with Gasteiger partial charge in [0.15, 0.2) is 0 Å². The van der Waals surface area contributed by atoms with E-state index in [0.29, 0.717) is 0 Å². The Morgan fingerprint density at radius 1 is 1.33 bits per heavy atom. The van der Waals surface area contributed by atoms with Gasteiger partial charge in [-0.25, -0.2) is 21.8 Å². The predicted octanol–water partition coefficient (Wildman–Crippen LogP) is 0.999. The van der Waals surface area contributed by atoms with Crippen molar-refractivity contribution in [1.82, 2.24) is 5.32 Å². The summed E-state index contributed by atoms with van der Waals surface area (Å²) < 4.78 is 48.5. The summed E-state index contributed by atoms with van der Waals surface area (Å²) in [5.41, 5.74) is -0.644. The van der Waals surface area contributed by atoms with Gasteiger partial charge in [0.2, 0.25) is 12.9 Å². The summed E-state index contributed by atoms with van der Waals surface area (Å²) in [4.78, 5) is 25.3. The Kier molecular flexibility index (Phi) is 12.3. The molecule has 0 bridgehead atoms. The van der Waals surface area contributed by atoms with Crippen LogP contribution in [0.2, 0.25) is 10.0 Å². The number of carboxylic acid groups (broad SMARTS) is 1. The predicted molar refractivity (Wildman–Crippen MR) is 97.4 cm³/mol. The summed E-state index contributed by atoms with van der Waals surface area (Å²) in [6.07, 6.45) is -6.42. The topological polar surface area (TPSA) is 168 Å². The van der Waals surface area contributed by atoms with Gasteiger partial charge in [-0.1, -0.05) is 23.2 Å². The first-order chi connectivity index (χ1) is 14.0. The van der Waals surface area contributed by atoms with Crippen molar-refractivity contribution < 1.29 is 53.3 Å². The molecule has 0 aromatic heterocycles. The molecule has 1 atom stereocenters. The van der Waals surface area contributed by atoms with Gasteiger partial charge in [-0.2, -0.15) is 13.2 Å². The van der Waals surface area contributed by atoms with Crippen LogP contribution in [0.25, 0.3) is 6.08 Å². The molecular weight excluding hydrogens is 462 g/mol. The van der Waals surface area contributed by atoms with Crippen molar-refractivity contribution in [2.24, 2.45) is 5.90 Å². The van der Waals surface area contributed by atoms with Crippen LogP contribution in [0.5, 0.6) is 5.75 Å². The normalized spacial score (nSPS) is 14.6. The number of fused-ring (bicyclic) bond motifs is 1. The summed E-state index contributed by atoms with van der Waals surface area (Å²) in [5.74, 6) is 4.58. The largest absolute Gasteiger partial charge is 0.480 e. The van der Waals surface area contributed by atoms with Gasteiger partial charge in [-0.05, 0) is 25.3 Å². The van der Waals surface area contributed by atoms with Gasteiger partial charge in [0, 0.05) is 10.6 Å². The van der Waals surface area contributed by atoms with Gasteiger partial charge in [0.25, 0.3) is 0 Å². The van der Waals surface area contributed by atoms with Crippen molar-refractivity contribution in [3.05, 3.63) is 33.3 Å². The maximum atomic E-state index is 13.1. The number of rotatable bonds is 5. The molecule has 0 radical (unpaired) electrons. The third-order valence-corrected chi connectivity index (χ3v) is 3.48. The van der Waals surface area contributed by atoms with Crippen molar-refractivity contribution in [3.63, 3.8) is 0 Å². The molecule has 30 heavy (non-hydrogen) atoms. The molecule has 1 unspecified atom stereocenters. The minimum atomic E-state index is -4.85. The average molecular weight is 481 g/mol. The number of quaternary nitrogens is 1. The van der Waals surface area contributed by atoms with E-state index >= 15 is 0 Å². The lowest BCUT2D eigenvalue weighted by molar-refractivity contribution is -0.670.